The van der Waals surface area contributed by atoms with Crippen molar-refractivity contribution in [1.82, 2.24) is 29.1 Å². The molecule has 27 heavy (non-hydrogen) atoms. The lowest BCUT2D eigenvalue weighted by atomic mass is 10.2. The van der Waals surface area contributed by atoms with Gasteiger partial charge in [-0.25, -0.2) is 9.67 Å². The van der Waals surface area contributed by atoms with Gasteiger partial charge in [-0.2, -0.15) is 10.2 Å². The van der Waals surface area contributed by atoms with Crippen molar-refractivity contribution >= 4 is 22.8 Å². The monoisotopic (exact) mass is 363 g/mol. The molecule has 0 aliphatic heterocycles. The molecule has 1 N–H and O–H groups in total. The van der Waals surface area contributed by atoms with Gasteiger partial charge in [-0.1, -0.05) is 0 Å². The van der Waals surface area contributed by atoms with Gasteiger partial charge >= 0.3 is 0 Å². The van der Waals surface area contributed by atoms with Crippen LogP contribution in [-0.2, 0) is 25.4 Å². The van der Waals surface area contributed by atoms with E-state index in [-0.39, 0.29) is 12.5 Å². The molecule has 138 valence electrons. The van der Waals surface area contributed by atoms with Gasteiger partial charge in [0.05, 0.1) is 11.1 Å². The summed E-state index contributed by atoms with van der Waals surface area (Å²) in [4.78, 5) is 17.0. The van der Waals surface area contributed by atoms with Crippen LogP contribution in [0.1, 0.15) is 11.3 Å². The lowest BCUT2D eigenvalue weighted by molar-refractivity contribution is -0.116. The zero-order valence-corrected chi connectivity index (χ0v) is 15.8. The van der Waals surface area contributed by atoms with Crippen LogP contribution in [0.4, 0.5) is 5.82 Å². The minimum Gasteiger partial charge on any atom is -0.349 e. The van der Waals surface area contributed by atoms with Crippen LogP contribution in [0.5, 0.6) is 0 Å². The fraction of sp³-hybridized carbons (Fsp3) is 0.263. The topological polar surface area (TPSA) is 82.6 Å². The Kier molecular flexibility index (Phi) is 4.02. The Labute approximate surface area is 156 Å². The molecule has 0 atom stereocenters. The van der Waals surface area contributed by atoms with Gasteiger partial charge in [0.25, 0.3) is 0 Å². The first-order valence-corrected chi connectivity index (χ1v) is 8.68. The highest BCUT2D eigenvalue weighted by molar-refractivity contribution is 6.00. The van der Waals surface area contributed by atoms with Gasteiger partial charge < -0.3 is 9.88 Å². The summed E-state index contributed by atoms with van der Waals surface area (Å²) >= 11 is 0. The molecule has 0 saturated heterocycles. The van der Waals surface area contributed by atoms with Gasteiger partial charge in [-0.15, -0.1) is 0 Å². The van der Waals surface area contributed by atoms with Gasteiger partial charge in [-0.05, 0) is 43.7 Å². The Morgan fingerprint density at radius 3 is 2.70 bits per heavy atom. The minimum absolute atomic E-state index is 0.112. The molecule has 0 saturated carbocycles. The van der Waals surface area contributed by atoms with Crippen LogP contribution in [0.2, 0.25) is 0 Å². The van der Waals surface area contributed by atoms with E-state index in [0.29, 0.717) is 5.82 Å². The molecule has 0 aliphatic carbocycles. The van der Waals surface area contributed by atoms with E-state index in [2.05, 4.69) is 20.5 Å². The molecule has 8 heteroatoms. The van der Waals surface area contributed by atoms with Crippen LogP contribution in [-0.4, -0.2) is 35.0 Å². The first-order valence-electron chi connectivity index (χ1n) is 8.68. The summed E-state index contributed by atoms with van der Waals surface area (Å²) in [6, 6.07) is 7.84. The largest absolute Gasteiger partial charge is 0.349 e. The Bertz CT molecular complexity index is 1150. The maximum absolute atomic E-state index is 12.5. The van der Waals surface area contributed by atoms with Crippen LogP contribution in [0, 0.1) is 13.8 Å². The van der Waals surface area contributed by atoms with Crippen LogP contribution in [0.3, 0.4) is 0 Å². The SMILES string of the molecule is Cc1cc(C)c2c(NC(=O)Cn3ccc(-c4cccn4C)n3)nn(C)c2n1. The maximum atomic E-state index is 12.5. The summed E-state index contributed by atoms with van der Waals surface area (Å²) in [6.07, 6.45) is 3.76. The molecule has 0 fully saturated rings. The lowest BCUT2D eigenvalue weighted by Crippen LogP contribution is -2.19. The quantitative estimate of drug-likeness (QED) is 0.604. The number of nitrogens with one attached hydrogen (secondary N) is 1. The van der Waals surface area contributed by atoms with Crippen molar-refractivity contribution in [2.24, 2.45) is 14.1 Å². The number of amides is 1. The predicted molar refractivity (Wildman–Crippen MR) is 103 cm³/mol. The molecule has 0 bridgehead atoms. The molecule has 0 spiro atoms. The Hall–Kier alpha value is -3.42. The summed E-state index contributed by atoms with van der Waals surface area (Å²) in [5, 5.41) is 12.7. The number of fused-ring (bicyclic) bond motifs is 1. The summed E-state index contributed by atoms with van der Waals surface area (Å²) in [7, 11) is 3.79. The number of rotatable bonds is 4. The Morgan fingerprint density at radius 2 is 1.96 bits per heavy atom. The minimum atomic E-state index is -0.184. The zero-order chi connectivity index (χ0) is 19.1. The third-order valence-electron chi connectivity index (χ3n) is 4.53. The van der Waals surface area contributed by atoms with E-state index in [1.54, 1.807) is 15.6 Å². The molecule has 0 aromatic carbocycles. The van der Waals surface area contributed by atoms with Crippen LogP contribution < -0.4 is 5.32 Å². The van der Waals surface area contributed by atoms with Crippen LogP contribution in [0.15, 0.2) is 36.7 Å². The van der Waals surface area contributed by atoms with Gasteiger partial charge in [0.1, 0.15) is 12.2 Å². The maximum Gasteiger partial charge on any atom is 0.247 e. The molecule has 1 amide bonds. The van der Waals surface area contributed by atoms with E-state index < -0.39 is 0 Å². The fourth-order valence-electron chi connectivity index (χ4n) is 3.31. The number of anilines is 1. The summed E-state index contributed by atoms with van der Waals surface area (Å²) < 4.78 is 5.30. The lowest BCUT2D eigenvalue weighted by Gasteiger charge is -2.05. The highest BCUT2D eigenvalue weighted by Crippen LogP contribution is 2.25. The predicted octanol–water partition coefficient (Wildman–Crippen LogP) is 2.43. The van der Waals surface area contributed by atoms with Crippen molar-refractivity contribution in [3.63, 3.8) is 0 Å². The van der Waals surface area contributed by atoms with E-state index in [1.165, 1.54) is 0 Å². The normalized spacial score (nSPS) is 11.3. The Morgan fingerprint density at radius 1 is 1.15 bits per heavy atom. The molecule has 4 aromatic rings. The molecule has 4 aromatic heterocycles. The highest BCUT2D eigenvalue weighted by Gasteiger charge is 2.16. The van der Waals surface area contributed by atoms with Gasteiger partial charge in [0, 0.05) is 32.2 Å². The number of hydrogen-bond donors (Lipinski definition) is 1. The van der Waals surface area contributed by atoms with Crippen LogP contribution >= 0.6 is 0 Å². The first kappa shape index (κ1) is 17.0. The fourth-order valence-corrected chi connectivity index (χ4v) is 3.31. The second-order valence-electron chi connectivity index (χ2n) is 6.70. The van der Waals surface area contributed by atoms with E-state index in [4.69, 9.17) is 0 Å². The van der Waals surface area contributed by atoms with E-state index >= 15 is 0 Å². The van der Waals surface area contributed by atoms with Gasteiger partial charge in [-0.3, -0.25) is 9.48 Å². The van der Waals surface area contributed by atoms with Crippen molar-refractivity contribution in [2.75, 3.05) is 5.32 Å². The average Bonchev–Trinajstić information content (AvgIpc) is 3.28. The van der Waals surface area contributed by atoms with E-state index in [1.807, 2.05) is 63.0 Å². The Balaban J connectivity index is 1.55. The number of carbonyl (C=O) groups excluding carboxylic acids is 1. The number of nitrogens with zero attached hydrogens (tertiary/aromatic N) is 6. The molecule has 0 aliphatic rings. The van der Waals surface area contributed by atoms with Crippen molar-refractivity contribution < 1.29 is 4.79 Å². The number of hydrogen-bond acceptors (Lipinski definition) is 4. The molecule has 8 nitrogen and oxygen atoms in total. The van der Waals surface area contributed by atoms with Crippen molar-refractivity contribution in [2.45, 2.75) is 20.4 Å². The second kappa shape index (κ2) is 6.39. The molecule has 0 radical (unpaired) electrons. The molecule has 4 heterocycles. The standard InChI is InChI=1S/C19H21N7O/c1-12-10-13(2)20-19-17(12)18(23-25(19)4)21-16(27)11-26-9-7-14(22-26)15-6-5-8-24(15)3/h5-10H,11H2,1-4H3,(H,21,23,27). The molecular weight excluding hydrogens is 342 g/mol. The van der Waals surface area contributed by atoms with Gasteiger partial charge in [0.2, 0.25) is 5.91 Å². The summed E-state index contributed by atoms with van der Waals surface area (Å²) in [5.41, 5.74) is 4.54. The average molecular weight is 363 g/mol. The van der Waals surface area contributed by atoms with Crippen LogP contribution in [0.25, 0.3) is 22.4 Å². The number of pyridine rings is 1. The summed E-state index contributed by atoms with van der Waals surface area (Å²) in [6.45, 7) is 4.05. The molecular formula is C19H21N7O. The number of aryl methyl sites for hydroxylation is 4. The smallest absolute Gasteiger partial charge is 0.247 e. The summed E-state index contributed by atoms with van der Waals surface area (Å²) in [5.74, 6) is 0.342. The van der Waals surface area contributed by atoms with E-state index in [0.717, 1.165) is 33.7 Å². The van der Waals surface area contributed by atoms with Crippen molar-refractivity contribution in [1.29, 1.82) is 0 Å². The molecule has 4 rings (SSSR count). The third kappa shape index (κ3) is 3.10. The second-order valence-corrected chi connectivity index (χ2v) is 6.70. The highest BCUT2D eigenvalue weighted by atomic mass is 16.2. The van der Waals surface area contributed by atoms with Crippen molar-refractivity contribution in [3.05, 3.63) is 47.9 Å². The third-order valence-corrected chi connectivity index (χ3v) is 4.53. The van der Waals surface area contributed by atoms with E-state index in [9.17, 15) is 4.79 Å². The molecule has 0 unspecified atom stereocenters. The first-order chi connectivity index (χ1) is 12.9. The number of carbonyl (C=O) groups is 1. The van der Waals surface area contributed by atoms with Gasteiger partial charge in [0.15, 0.2) is 11.5 Å². The number of aromatic nitrogens is 6. The zero-order valence-electron chi connectivity index (χ0n) is 15.8. The van der Waals surface area contributed by atoms with Crippen molar-refractivity contribution in [3.8, 4) is 11.4 Å².